The van der Waals surface area contributed by atoms with Crippen molar-refractivity contribution in [2.24, 2.45) is 0 Å². The maximum atomic E-state index is 5.16. The van der Waals surface area contributed by atoms with E-state index >= 15 is 0 Å². The van der Waals surface area contributed by atoms with Crippen LogP contribution >= 0.6 is 34.9 Å². The van der Waals surface area contributed by atoms with Crippen molar-refractivity contribution in [3.8, 4) is 0 Å². The molecule has 0 unspecified atom stereocenters. The lowest BCUT2D eigenvalue weighted by Gasteiger charge is -2.25. The predicted molar refractivity (Wildman–Crippen MR) is 132 cm³/mol. The molecule has 3 aromatic rings. The molecule has 0 aromatic carbocycles. The number of aromatic nitrogens is 3. The fourth-order valence-corrected chi connectivity index (χ4v) is 7.55. The summed E-state index contributed by atoms with van der Waals surface area (Å²) in [6, 6.07) is 0. The molecule has 30 heavy (non-hydrogen) atoms. The van der Waals surface area contributed by atoms with E-state index in [1.807, 2.05) is 23.1 Å². The molecule has 0 amide bonds. The summed E-state index contributed by atoms with van der Waals surface area (Å²) >= 11 is 5.37. The molecule has 3 aromatic heterocycles. The van der Waals surface area contributed by atoms with Crippen molar-refractivity contribution in [1.29, 1.82) is 0 Å². The van der Waals surface area contributed by atoms with Crippen molar-refractivity contribution in [3.63, 3.8) is 0 Å². The summed E-state index contributed by atoms with van der Waals surface area (Å²) in [5.41, 5.74) is 5.47. The summed E-state index contributed by atoms with van der Waals surface area (Å²) in [6.07, 6.45) is 9.75. The Morgan fingerprint density at radius 1 is 1.00 bits per heavy atom. The van der Waals surface area contributed by atoms with E-state index in [4.69, 9.17) is 15.0 Å². The summed E-state index contributed by atoms with van der Waals surface area (Å²) in [7, 11) is 0. The molecule has 0 spiro atoms. The van der Waals surface area contributed by atoms with Gasteiger partial charge in [0.25, 0.3) is 0 Å². The first-order valence-electron chi connectivity index (χ1n) is 11.2. The van der Waals surface area contributed by atoms with Gasteiger partial charge in [-0.2, -0.15) is 0 Å². The van der Waals surface area contributed by atoms with Gasteiger partial charge in [0.1, 0.15) is 9.86 Å². The number of fused-ring (bicyclic) bond motifs is 5. The van der Waals surface area contributed by atoms with Gasteiger partial charge in [-0.3, -0.25) is 0 Å². The van der Waals surface area contributed by atoms with Gasteiger partial charge in [-0.05, 0) is 68.5 Å². The van der Waals surface area contributed by atoms with E-state index in [1.165, 1.54) is 76.9 Å². The monoisotopic (exact) mass is 458 g/mol. The maximum Gasteiger partial charge on any atom is 0.189 e. The third-order valence-corrected chi connectivity index (χ3v) is 9.05. The summed E-state index contributed by atoms with van der Waals surface area (Å²) < 4.78 is 1.24. The molecule has 1 aliphatic heterocycles. The number of pyridine rings is 1. The number of hydrogen-bond acceptors (Lipinski definition) is 7. The first-order chi connectivity index (χ1) is 14.7. The molecule has 1 fully saturated rings. The molecule has 4 heterocycles. The van der Waals surface area contributed by atoms with Crippen LogP contribution in [0.15, 0.2) is 10.2 Å². The van der Waals surface area contributed by atoms with Crippen LogP contribution in [0.5, 0.6) is 0 Å². The molecule has 7 heteroatoms. The number of rotatable bonds is 6. The van der Waals surface area contributed by atoms with Crippen LogP contribution in [0, 0.1) is 0 Å². The van der Waals surface area contributed by atoms with Gasteiger partial charge in [0.15, 0.2) is 5.16 Å². The van der Waals surface area contributed by atoms with Gasteiger partial charge < -0.3 is 4.90 Å². The predicted octanol–water partition coefficient (Wildman–Crippen LogP) is 6.15. The van der Waals surface area contributed by atoms with Crippen LogP contribution in [0.4, 0.5) is 0 Å². The summed E-state index contributed by atoms with van der Waals surface area (Å²) in [5.74, 6) is 1.56. The molecule has 0 saturated carbocycles. The molecule has 0 bridgehead atoms. The van der Waals surface area contributed by atoms with E-state index in [2.05, 4.69) is 25.0 Å². The molecule has 0 radical (unpaired) electrons. The number of hydrogen-bond donors (Lipinski definition) is 0. The van der Waals surface area contributed by atoms with Gasteiger partial charge in [0.05, 0.1) is 10.2 Å². The minimum atomic E-state index is 0.470. The number of likely N-dealkylation sites (tertiary alicyclic amines) is 1. The van der Waals surface area contributed by atoms with Gasteiger partial charge in [-0.1, -0.05) is 32.0 Å². The molecule has 0 atom stereocenters. The van der Waals surface area contributed by atoms with Crippen LogP contribution in [0.3, 0.4) is 0 Å². The molecule has 0 N–H and O–H groups in total. The van der Waals surface area contributed by atoms with Gasteiger partial charge in [-0.15, -0.1) is 23.1 Å². The summed E-state index contributed by atoms with van der Waals surface area (Å²) in [5, 5.41) is 3.37. The molecule has 160 valence electrons. The van der Waals surface area contributed by atoms with Crippen LogP contribution in [-0.4, -0.2) is 51.5 Å². The fraction of sp³-hybridized carbons (Fsp3) is 0.609. The summed E-state index contributed by atoms with van der Waals surface area (Å²) in [6.45, 7) is 8.21. The first-order valence-corrected chi connectivity index (χ1v) is 14.2. The number of nitrogens with zero attached hydrogens (tertiary/aromatic N) is 4. The number of thiophene rings is 1. The van der Waals surface area contributed by atoms with Crippen molar-refractivity contribution in [3.05, 3.63) is 16.8 Å². The van der Waals surface area contributed by atoms with Crippen LogP contribution in [0.2, 0.25) is 0 Å². The average Bonchev–Trinajstić information content (AvgIpc) is 3.38. The van der Waals surface area contributed by atoms with E-state index in [-0.39, 0.29) is 0 Å². The Kier molecular flexibility index (Phi) is 6.24. The van der Waals surface area contributed by atoms with Crippen LogP contribution < -0.4 is 0 Å². The smallest absolute Gasteiger partial charge is 0.189 e. The fourth-order valence-electron chi connectivity index (χ4n) is 4.87. The molecule has 2 aliphatic rings. The molecule has 1 aliphatic carbocycles. The van der Waals surface area contributed by atoms with Crippen molar-refractivity contribution in [2.45, 2.75) is 68.5 Å². The molecule has 1 saturated heterocycles. The Labute approximate surface area is 191 Å². The second-order valence-electron chi connectivity index (χ2n) is 8.69. The zero-order valence-corrected chi connectivity index (χ0v) is 20.6. The Bertz CT molecular complexity index is 1070. The Morgan fingerprint density at radius 3 is 2.57 bits per heavy atom. The highest BCUT2D eigenvalue weighted by molar-refractivity contribution is 7.99. The van der Waals surface area contributed by atoms with Crippen LogP contribution in [0.25, 0.3) is 20.4 Å². The standard InChI is InChI=1S/C23H30N4S3/c1-14(2)18-16-9-7-8-15(16)17-19-20(30-21(17)24-18)22(26-23(25-19)28-3)29-13-12-27-10-5-4-6-11-27/h14H,4-13H2,1-3H3. The van der Waals surface area contributed by atoms with E-state index in [1.54, 1.807) is 11.8 Å². The van der Waals surface area contributed by atoms with Crippen LogP contribution in [0.1, 0.15) is 62.3 Å². The highest BCUT2D eigenvalue weighted by Gasteiger charge is 2.26. The second-order valence-corrected chi connectivity index (χ2v) is 11.5. The van der Waals surface area contributed by atoms with Gasteiger partial charge in [-0.25, -0.2) is 15.0 Å². The topological polar surface area (TPSA) is 41.9 Å². The van der Waals surface area contributed by atoms with Crippen molar-refractivity contribution < 1.29 is 0 Å². The van der Waals surface area contributed by atoms with E-state index in [9.17, 15) is 0 Å². The molecule has 4 nitrogen and oxygen atoms in total. The Balaban J connectivity index is 1.55. The van der Waals surface area contributed by atoms with Gasteiger partial charge >= 0.3 is 0 Å². The maximum absolute atomic E-state index is 5.16. The third-order valence-electron chi connectivity index (χ3n) is 6.34. The van der Waals surface area contributed by atoms with Crippen molar-refractivity contribution in [2.75, 3.05) is 31.6 Å². The minimum Gasteiger partial charge on any atom is -0.303 e. The Morgan fingerprint density at radius 2 is 1.80 bits per heavy atom. The highest BCUT2D eigenvalue weighted by Crippen LogP contribution is 2.43. The summed E-state index contributed by atoms with van der Waals surface area (Å²) in [4.78, 5) is 18.9. The quantitative estimate of drug-likeness (QED) is 0.251. The number of piperidine rings is 1. The van der Waals surface area contributed by atoms with E-state index < -0.39 is 0 Å². The van der Waals surface area contributed by atoms with Crippen molar-refractivity contribution in [1.82, 2.24) is 19.9 Å². The lowest BCUT2D eigenvalue weighted by atomic mass is 9.99. The lowest BCUT2D eigenvalue weighted by Crippen LogP contribution is -2.31. The minimum absolute atomic E-state index is 0.470. The van der Waals surface area contributed by atoms with Gasteiger partial charge in [0, 0.05) is 23.4 Å². The third kappa shape index (κ3) is 3.87. The first kappa shape index (κ1) is 21.0. The SMILES string of the molecule is CSc1nc(SCCN2CCCCC2)c2sc3nc(C(C)C)c4c(c3c2n1)CCC4. The Hall–Kier alpha value is -0.890. The van der Waals surface area contributed by atoms with E-state index in [0.29, 0.717) is 5.92 Å². The average molecular weight is 459 g/mol. The zero-order chi connectivity index (χ0) is 20.7. The molecular weight excluding hydrogens is 428 g/mol. The van der Waals surface area contributed by atoms with E-state index in [0.717, 1.165) is 34.4 Å². The number of aryl methyl sites for hydroxylation is 1. The molecular formula is C23H30N4S3. The zero-order valence-electron chi connectivity index (χ0n) is 18.2. The largest absolute Gasteiger partial charge is 0.303 e. The van der Waals surface area contributed by atoms with Gasteiger partial charge in [0.2, 0.25) is 0 Å². The number of thioether (sulfide) groups is 2. The second kappa shape index (κ2) is 8.93. The lowest BCUT2D eigenvalue weighted by molar-refractivity contribution is 0.242. The molecule has 5 rings (SSSR count). The normalized spacial score (nSPS) is 17.5. The highest BCUT2D eigenvalue weighted by atomic mass is 32.2. The van der Waals surface area contributed by atoms with Crippen molar-refractivity contribution >= 4 is 55.3 Å². The van der Waals surface area contributed by atoms with Crippen LogP contribution in [-0.2, 0) is 12.8 Å².